The Morgan fingerprint density at radius 1 is 1.69 bits per heavy atom. The molecular formula is C11H17NO. The Labute approximate surface area is 80.3 Å². The molecule has 2 nitrogen and oxygen atoms in total. The maximum absolute atomic E-state index is 11.6. The molecule has 0 N–H and O–H groups in total. The van der Waals surface area contributed by atoms with Crippen LogP contribution in [0.3, 0.4) is 0 Å². The molecule has 2 heteroatoms. The summed E-state index contributed by atoms with van der Waals surface area (Å²) in [5.74, 6) is 2.69. The van der Waals surface area contributed by atoms with Gasteiger partial charge in [-0.3, -0.25) is 4.79 Å². The first-order valence-corrected chi connectivity index (χ1v) is 4.74. The molecule has 0 aliphatic carbocycles. The third-order valence-electron chi connectivity index (χ3n) is 2.64. The van der Waals surface area contributed by atoms with Gasteiger partial charge in [0.15, 0.2) is 0 Å². The van der Waals surface area contributed by atoms with Gasteiger partial charge in [0, 0.05) is 24.4 Å². The third kappa shape index (κ3) is 1.85. The largest absolute Gasteiger partial charge is 0.335 e. The highest BCUT2D eigenvalue weighted by Crippen LogP contribution is 2.36. The molecule has 0 aromatic carbocycles. The van der Waals surface area contributed by atoms with Crippen LogP contribution in [0, 0.1) is 12.3 Å². The Hall–Kier alpha value is -0.970. The molecule has 1 unspecified atom stereocenters. The van der Waals surface area contributed by atoms with Crippen molar-refractivity contribution in [3.05, 3.63) is 0 Å². The highest BCUT2D eigenvalue weighted by atomic mass is 16.2. The standard InChI is InChI=1S/C11H17NO/c1-5-6-7-10(13)12-9(2)8-11(12,3)4/h1,9H,6-8H2,2-4H3. The maximum Gasteiger partial charge on any atom is 0.224 e. The third-order valence-corrected chi connectivity index (χ3v) is 2.64. The van der Waals surface area contributed by atoms with Crippen molar-refractivity contribution in [3.63, 3.8) is 0 Å². The molecule has 0 radical (unpaired) electrons. The maximum atomic E-state index is 11.6. The van der Waals surface area contributed by atoms with E-state index < -0.39 is 0 Å². The second-order valence-corrected chi connectivity index (χ2v) is 4.33. The number of hydrogen-bond acceptors (Lipinski definition) is 1. The second-order valence-electron chi connectivity index (χ2n) is 4.33. The number of hydrogen-bond donors (Lipinski definition) is 0. The molecule has 1 saturated heterocycles. The van der Waals surface area contributed by atoms with Gasteiger partial charge in [-0.25, -0.2) is 0 Å². The van der Waals surface area contributed by atoms with E-state index in [2.05, 4.69) is 26.7 Å². The molecule has 1 fully saturated rings. The fourth-order valence-corrected chi connectivity index (χ4v) is 2.28. The zero-order valence-electron chi connectivity index (χ0n) is 8.63. The number of carbonyl (C=O) groups is 1. The molecule has 0 spiro atoms. The van der Waals surface area contributed by atoms with Crippen molar-refractivity contribution < 1.29 is 4.79 Å². The van der Waals surface area contributed by atoms with Gasteiger partial charge in [-0.2, -0.15) is 0 Å². The minimum atomic E-state index is 0.0467. The molecule has 72 valence electrons. The van der Waals surface area contributed by atoms with E-state index in [0.29, 0.717) is 18.9 Å². The number of amides is 1. The zero-order valence-corrected chi connectivity index (χ0v) is 8.63. The number of rotatable bonds is 2. The molecule has 1 heterocycles. The fourth-order valence-electron chi connectivity index (χ4n) is 2.28. The number of likely N-dealkylation sites (tertiary alicyclic amines) is 1. The van der Waals surface area contributed by atoms with Crippen molar-refractivity contribution in [1.82, 2.24) is 4.90 Å². The van der Waals surface area contributed by atoms with Crippen molar-refractivity contribution in [2.75, 3.05) is 0 Å². The molecular weight excluding hydrogens is 162 g/mol. The lowest BCUT2D eigenvalue weighted by Crippen LogP contribution is -2.63. The Bertz CT molecular complexity index is 249. The van der Waals surface area contributed by atoms with Crippen LogP contribution in [0.2, 0.25) is 0 Å². The molecule has 1 rings (SSSR count). The average Bonchev–Trinajstić information content (AvgIpc) is 1.98. The molecule has 1 aliphatic heterocycles. The van der Waals surface area contributed by atoms with Crippen LogP contribution in [0.1, 0.15) is 40.0 Å². The zero-order chi connectivity index (χ0) is 10.1. The van der Waals surface area contributed by atoms with E-state index in [1.807, 2.05) is 4.90 Å². The Morgan fingerprint density at radius 3 is 2.69 bits per heavy atom. The van der Waals surface area contributed by atoms with Gasteiger partial charge >= 0.3 is 0 Å². The van der Waals surface area contributed by atoms with Crippen molar-refractivity contribution in [3.8, 4) is 12.3 Å². The molecule has 0 saturated carbocycles. The highest BCUT2D eigenvalue weighted by Gasteiger charge is 2.44. The molecule has 0 bridgehead atoms. The van der Waals surface area contributed by atoms with Crippen LogP contribution >= 0.6 is 0 Å². The topological polar surface area (TPSA) is 20.3 Å². The summed E-state index contributed by atoms with van der Waals surface area (Å²) in [5.41, 5.74) is 0.0467. The number of nitrogens with zero attached hydrogens (tertiary/aromatic N) is 1. The molecule has 0 aromatic rings. The van der Waals surface area contributed by atoms with E-state index in [-0.39, 0.29) is 11.4 Å². The predicted octanol–water partition coefficient (Wildman–Crippen LogP) is 1.80. The van der Waals surface area contributed by atoms with Crippen LogP contribution in [-0.4, -0.2) is 22.4 Å². The van der Waals surface area contributed by atoms with Crippen molar-refractivity contribution >= 4 is 5.91 Å². The van der Waals surface area contributed by atoms with Gasteiger partial charge in [0.05, 0.1) is 0 Å². The molecule has 1 amide bonds. The normalized spacial score (nSPS) is 24.8. The first kappa shape index (κ1) is 10.1. The second kappa shape index (κ2) is 3.41. The lowest BCUT2D eigenvalue weighted by atomic mass is 9.82. The monoisotopic (exact) mass is 179 g/mol. The van der Waals surface area contributed by atoms with Crippen LogP contribution in [0.25, 0.3) is 0 Å². The van der Waals surface area contributed by atoms with Gasteiger partial charge in [-0.05, 0) is 27.2 Å². The van der Waals surface area contributed by atoms with E-state index >= 15 is 0 Å². The van der Waals surface area contributed by atoms with Crippen LogP contribution in [0.5, 0.6) is 0 Å². The van der Waals surface area contributed by atoms with Gasteiger partial charge < -0.3 is 4.90 Å². The van der Waals surface area contributed by atoms with Gasteiger partial charge in [-0.1, -0.05) is 0 Å². The molecule has 1 atom stereocenters. The lowest BCUT2D eigenvalue weighted by molar-refractivity contribution is -0.151. The smallest absolute Gasteiger partial charge is 0.224 e. The fraction of sp³-hybridized carbons (Fsp3) is 0.727. The number of carbonyl (C=O) groups excluding carboxylic acids is 1. The van der Waals surface area contributed by atoms with Gasteiger partial charge in [0.1, 0.15) is 0 Å². The highest BCUT2D eigenvalue weighted by molar-refractivity contribution is 5.78. The van der Waals surface area contributed by atoms with E-state index in [1.165, 1.54) is 0 Å². The summed E-state index contributed by atoms with van der Waals surface area (Å²) in [5, 5.41) is 0. The summed E-state index contributed by atoms with van der Waals surface area (Å²) in [6.07, 6.45) is 7.25. The summed E-state index contributed by atoms with van der Waals surface area (Å²) < 4.78 is 0. The van der Waals surface area contributed by atoms with E-state index in [0.717, 1.165) is 6.42 Å². The van der Waals surface area contributed by atoms with E-state index in [1.54, 1.807) is 0 Å². The van der Waals surface area contributed by atoms with Crippen LogP contribution < -0.4 is 0 Å². The van der Waals surface area contributed by atoms with Crippen molar-refractivity contribution in [2.24, 2.45) is 0 Å². The Balaban J connectivity index is 2.52. The van der Waals surface area contributed by atoms with E-state index in [9.17, 15) is 4.79 Å². The Kier molecular flexibility index (Phi) is 2.66. The predicted molar refractivity (Wildman–Crippen MR) is 53.1 cm³/mol. The summed E-state index contributed by atoms with van der Waals surface area (Å²) in [6.45, 7) is 6.28. The molecule has 0 aromatic heterocycles. The lowest BCUT2D eigenvalue weighted by Gasteiger charge is -2.54. The minimum Gasteiger partial charge on any atom is -0.335 e. The van der Waals surface area contributed by atoms with Crippen LogP contribution in [0.15, 0.2) is 0 Å². The summed E-state index contributed by atoms with van der Waals surface area (Å²) in [6, 6.07) is 0.389. The summed E-state index contributed by atoms with van der Waals surface area (Å²) >= 11 is 0. The first-order chi connectivity index (χ1) is 5.99. The quantitative estimate of drug-likeness (QED) is 0.592. The SMILES string of the molecule is C#CCCC(=O)N1C(C)CC1(C)C. The van der Waals surface area contributed by atoms with Crippen molar-refractivity contribution in [1.29, 1.82) is 0 Å². The first-order valence-electron chi connectivity index (χ1n) is 4.74. The minimum absolute atomic E-state index is 0.0467. The van der Waals surface area contributed by atoms with Gasteiger partial charge in [-0.15, -0.1) is 12.3 Å². The van der Waals surface area contributed by atoms with Crippen molar-refractivity contribution in [2.45, 2.75) is 51.6 Å². The van der Waals surface area contributed by atoms with Gasteiger partial charge in [0.25, 0.3) is 0 Å². The van der Waals surface area contributed by atoms with Crippen LogP contribution in [-0.2, 0) is 4.79 Å². The molecule has 1 aliphatic rings. The number of terminal acetylenes is 1. The van der Waals surface area contributed by atoms with E-state index in [4.69, 9.17) is 6.42 Å². The Morgan fingerprint density at radius 2 is 2.31 bits per heavy atom. The van der Waals surface area contributed by atoms with Crippen LogP contribution in [0.4, 0.5) is 0 Å². The summed E-state index contributed by atoms with van der Waals surface area (Å²) in [4.78, 5) is 13.6. The molecule has 13 heavy (non-hydrogen) atoms. The summed E-state index contributed by atoms with van der Waals surface area (Å²) in [7, 11) is 0. The average molecular weight is 179 g/mol. The van der Waals surface area contributed by atoms with Gasteiger partial charge in [0.2, 0.25) is 5.91 Å².